The number of benzene rings is 1. The SMILES string of the molecule is Cc1ccc(-c2nc(CC(=O)N3C4CCNCC3CC4)cs2)cc1. The van der Waals surface area contributed by atoms with Crippen LogP contribution < -0.4 is 5.32 Å². The summed E-state index contributed by atoms with van der Waals surface area (Å²) < 4.78 is 0. The Morgan fingerprint density at radius 2 is 2.04 bits per heavy atom. The third kappa shape index (κ3) is 3.10. The van der Waals surface area contributed by atoms with E-state index in [0.717, 1.165) is 48.6 Å². The highest BCUT2D eigenvalue weighted by molar-refractivity contribution is 7.13. The fraction of sp³-hybridized carbons (Fsp3) is 0.474. The first-order chi connectivity index (χ1) is 11.7. The number of thiazole rings is 1. The quantitative estimate of drug-likeness (QED) is 0.933. The molecule has 2 unspecified atom stereocenters. The molecule has 4 nitrogen and oxygen atoms in total. The van der Waals surface area contributed by atoms with Crippen molar-refractivity contribution in [2.75, 3.05) is 13.1 Å². The second-order valence-corrected chi connectivity index (χ2v) is 7.72. The van der Waals surface area contributed by atoms with Crippen molar-refractivity contribution < 1.29 is 4.79 Å². The van der Waals surface area contributed by atoms with Crippen LogP contribution in [0.4, 0.5) is 0 Å². The van der Waals surface area contributed by atoms with Crippen molar-refractivity contribution in [2.45, 2.75) is 44.7 Å². The van der Waals surface area contributed by atoms with Gasteiger partial charge in [0.1, 0.15) is 5.01 Å². The van der Waals surface area contributed by atoms with Crippen LogP contribution >= 0.6 is 11.3 Å². The summed E-state index contributed by atoms with van der Waals surface area (Å²) in [6.07, 6.45) is 3.79. The molecule has 2 atom stereocenters. The molecule has 2 saturated heterocycles. The summed E-state index contributed by atoms with van der Waals surface area (Å²) in [6, 6.07) is 9.20. The largest absolute Gasteiger partial charge is 0.335 e. The van der Waals surface area contributed by atoms with Gasteiger partial charge in [0.2, 0.25) is 5.91 Å². The van der Waals surface area contributed by atoms with E-state index in [0.29, 0.717) is 18.5 Å². The monoisotopic (exact) mass is 341 g/mol. The molecule has 2 aliphatic heterocycles. The maximum absolute atomic E-state index is 12.8. The molecule has 1 aromatic heterocycles. The van der Waals surface area contributed by atoms with Crippen LogP contribution in [0.3, 0.4) is 0 Å². The maximum atomic E-state index is 12.8. The molecule has 126 valence electrons. The molecule has 2 aromatic rings. The van der Waals surface area contributed by atoms with Crippen molar-refractivity contribution in [3.8, 4) is 10.6 Å². The minimum atomic E-state index is 0.243. The van der Waals surface area contributed by atoms with Crippen molar-refractivity contribution in [3.05, 3.63) is 40.9 Å². The Bertz CT molecular complexity index is 710. The zero-order chi connectivity index (χ0) is 16.5. The number of carbonyl (C=O) groups excluding carboxylic acids is 1. The van der Waals surface area contributed by atoms with Gasteiger partial charge in [-0.3, -0.25) is 4.79 Å². The molecule has 5 heteroatoms. The molecule has 0 saturated carbocycles. The van der Waals surface area contributed by atoms with E-state index in [1.807, 2.05) is 5.38 Å². The predicted molar refractivity (Wildman–Crippen MR) is 97.1 cm³/mol. The van der Waals surface area contributed by atoms with E-state index in [1.165, 1.54) is 5.56 Å². The smallest absolute Gasteiger partial charge is 0.229 e. The van der Waals surface area contributed by atoms with Crippen molar-refractivity contribution in [3.63, 3.8) is 0 Å². The lowest BCUT2D eigenvalue weighted by Gasteiger charge is -2.27. The summed E-state index contributed by atoms with van der Waals surface area (Å²) in [5.74, 6) is 0.243. The molecule has 4 rings (SSSR count). The number of aromatic nitrogens is 1. The third-order valence-corrected chi connectivity index (χ3v) is 6.06. The lowest BCUT2D eigenvalue weighted by atomic mass is 10.1. The van der Waals surface area contributed by atoms with Gasteiger partial charge in [0, 0.05) is 29.6 Å². The highest BCUT2D eigenvalue weighted by Gasteiger charge is 2.37. The highest BCUT2D eigenvalue weighted by atomic mass is 32.1. The van der Waals surface area contributed by atoms with E-state index in [-0.39, 0.29) is 5.91 Å². The number of rotatable bonds is 3. The second-order valence-electron chi connectivity index (χ2n) is 6.87. The van der Waals surface area contributed by atoms with Crippen LogP contribution in [-0.2, 0) is 11.2 Å². The third-order valence-electron chi connectivity index (χ3n) is 5.12. The van der Waals surface area contributed by atoms with Gasteiger partial charge in [0.25, 0.3) is 0 Å². The van der Waals surface area contributed by atoms with E-state index in [9.17, 15) is 4.79 Å². The Morgan fingerprint density at radius 1 is 1.25 bits per heavy atom. The van der Waals surface area contributed by atoms with Crippen LogP contribution in [-0.4, -0.2) is 41.0 Å². The summed E-state index contributed by atoms with van der Waals surface area (Å²) in [7, 11) is 0. The van der Waals surface area contributed by atoms with E-state index in [2.05, 4.69) is 41.4 Å². The van der Waals surface area contributed by atoms with E-state index >= 15 is 0 Å². The van der Waals surface area contributed by atoms with Gasteiger partial charge in [-0.05, 0) is 32.7 Å². The highest BCUT2D eigenvalue weighted by Crippen LogP contribution is 2.29. The first-order valence-electron chi connectivity index (χ1n) is 8.74. The van der Waals surface area contributed by atoms with E-state index in [4.69, 9.17) is 4.98 Å². The van der Waals surface area contributed by atoms with Crippen LogP contribution in [0.15, 0.2) is 29.6 Å². The summed E-state index contributed by atoms with van der Waals surface area (Å²) >= 11 is 1.62. The molecule has 2 aliphatic rings. The van der Waals surface area contributed by atoms with Gasteiger partial charge in [-0.2, -0.15) is 0 Å². The number of hydrogen-bond acceptors (Lipinski definition) is 4. The maximum Gasteiger partial charge on any atom is 0.229 e. The fourth-order valence-corrected chi connectivity index (χ4v) is 4.68. The average Bonchev–Trinajstić information content (AvgIpc) is 3.11. The lowest BCUT2D eigenvalue weighted by molar-refractivity contribution is -0.133. The van der Waals surface area contributed by atoms with Gasteiger partial charge in [-0.1, -0.05) is 29.8 Å². The molecule has 2 fully saturated rings. The minimum absolute atomic E-state index is 0.243. The van der Waals surface area contributed by atoms with Crippen LogP contribution in [0.1, 0.15) is 30.5 Å². The molecule has 0 aliphatic carbocycles. The number of nitrogens with one attached hydrogen (secondary N) is 1. The number of aryl methyl sites for hydroxylation is 1. The first kappa shape index (κ1) is 15.8. The Morgan fingerprint density at radius 3 is 2.88 bits per heavy atom. The number of nitrogens with zero attached hydrogens (tertiary/aromatic N) is 2. The summed E-state index contributed by atoms with van der Waals surface area (Å²) in [4.78, 5) is 19.7. The molecule has 3 heterocycles. The topological polar surface area (TPSA) is 45.2 Å². The Hall–Kier alpha value is -1.72. The van der Waals surface area contributed by atoms with Crippen LogP contribution in [0.5, 0.6) is 0 Å². The molecule has 1 N–H and O–H groups in total. The predicted octanol–water partition coefficient (Wildman–Crippen LogP) is 3.01. The van der Waals surface area contributed by atoms with Crippen LogP contribution in [0.25, 0.3) is 10.6 Å². The summed E-state index contributed by atoms with van der Waals surface area (Å²) in [6.45, 7) is 4.05. The Labute approximate surface area is 146 Å². The molecular formula is C19H23N3OS. The van der Waals surface area contributed by atoms with Crippen molar-refractivity contribution in [1.29, 1.82) is 0 Å². The molecule has 0 spiro atoms. The standard InChI is InChI=1S/C19H23N3OS/c1-13-2-4-14(5-3-13)19-21-15(12-24-19)10-18(23)22-16-6-7-17(22)11-20-9-8-16/h2-5,12,16-17,20H,6-11H2,1H3. The Kier molecular flexibility index (Phi) is 4.37. The Balaban J connectivity index is 1.47. The normalized spacial score (nSPS) is 23.3. The zero-order valence-electron chi connectivity index (χ0n) is 14.0. The number of amides is 1. The average molecular weight is 341 g/mol. The van der Waals surface area contributed by atoms with Crippen LogP contribution in [0.2, 0.25) is 0 Å². The van der Waals surface area contributed by atoms with Gasteiger partial charge >= 0.3 is 0 Å². The van der Waals surface area contributed by atoms with Gasteiger partial charge in [0.05, 0.1) is 12.1 Å². The summed E-state index contributed by atoms with van der Waals surface area (Å²) in [5.41, 5.74) is 3.27. The zero-order valence-corrected chi connectivity index (χ0v) is 14.8. The van der Waals surface area contributed by atoms with Gasteiger partial charge in [-0.25, -0.2) is 4.98 Å². The first-order valence-corrected chi connectivity index (χ1v) is 9.62. The lowest BCUT2D eigenvalue weighted by Crippen LogP contribution is -2.43. The molecule has 1 aromatic carbocycles. The van der Waals surface area contributed by atoms with Crippen molar-refractivity contribution >= 4 is 17.2 Å². The van der Waals surface area contributed by atoms with Gasteiger partial charge in [-0.15, -0.1) is 11.3 Å². The van der Waals surface area contributed by atoms with Crippen molar-refractivity contribution in [1.82, 2.24) is 15.2 Å². The molecule has 0 radical (unpaired) electrons. The molecule has 1 amide bonds. The minimum Gasteiger partial charge on any atom is -0.335 e. The molecule has 2 bridgehead atoms. The molecular weight excluding hydrogens is 318 g/mol. The van der Waals surface area contributed by atoms with Gasteiger partial charge < -0.3 is 10.2 Å². The number of carbonyl (C=O) groups is 1. The fourth-order valence-electron chi connectivity index (χ4n) is 3.85. The van der Waals surface area contributed by atoms with E-state index < -0.39 is 0 Å². The number of hydrogen-bond donors (Lipinski definition) is 1. The number of fused-ring (bicyclic) bond motifs is 2. The molecule has 24 heavy (non-hydrogen) atoms. The van der Waals surface area contributed by atoms with Crippen molar-refractivity contribution in [2.24, 2.45) is 0 Å². The van der Waals surface area contributed by atoms with Gasteiger partial charge in [0.15, 0.2) is 0 Å². The summed E-state index contributed by atoms with van der Waals surface area (Å²) in [5, 5.41) is 6.48. The van der Waals surface area contributed by atoms with E-state index in [1.54, 1.807) is 11.3 Å². The van der Waals surface area contributed by atoms with Crippen LogP contribution in [0, 0.1) is 6.92 Å². The second kappa shape index (κ2) is 6.65.